The highest BCUT2D eigenvalue weighted by molar-refractivity contribution is 5.76. The Morgan fingerprint density at radius 3 is 2.87 bits per heavy atom. The summed E-state index contributed by atoms with van der Waals surface area (Å²) < 4.78 is 1.52. The molecule has 4 rings (SSSR count). The summed E-state index contributed by atoms with van der Waals surface area (Å²) in [6.07, 6.45) is 3.21. The Labute approximate surface area is 131 Å². The number of hydrogen-bond donors (Lipinski definition) is 1. The van der Waals surface area contributed by atoms with E-state index in [1.165, 1.54) is 10.7 Å². The maximum Gasteiger partial charge on any atom is 0.162 e. The topological polar surface area (TPSA) is 95.5 Å². The minimum atomic E-state index is 0.389. The van der Waals surface area contributed by atoms with E-state index in [0.717, 1.165) is 22.6 Å². The van der Waals surface area contributed by atoms with Gasteiger partial charge >= 0.3 is 0 Å². The number of nitrogens with zero attached hydrogens (tertiary/aromatic N) is 6. The Morgan fingerprint density at radius 2 is 2.04 bits per heavy atom. The summed E-state index contributed by atoms with van der Waals surface area (Å²) in [6, 6.07) is 11.6. The van der Waals surface area contributed by atoms with Gasteiger partial charge in [0.15, 0.2) is 11.3 Å². The summed E-state index contributed by atoms with van der Waals surface area (Å²) in [4.78, 5) is 8.66. The summed E-state index contributed by atoms with van der Waals surface area (Å²) >= 11 is 0. The lowest BCUT2D eigenvalue weighted by atomic mass is 10.1. The van der Waals surface area contributed by atoms with Gasteiger partial charge in [-0.3, -0.25) is 10.1 Å². The van der Waals surface area contributed by atoms with Crippen molar-refractivity contribution in [2.45, 2.75) is 6.92 Å². The van der Waals surface area contributed by atoms with E-state index in [0.29, 0.717) is 17.0 Å². The number of nitrogens with one attached hydrogen (secondary N) is 1. The second-order valence-corrected chi connectivity index (χ2v) is 5.07. The van der Waals surface area contributed by atoms with Gasteiger partial charge in [0.25, 0.3) is 0 Å². The molecule has 110 valence electrons. The first kappa shape index (κ1) is 13.2. The number of imidazole rings is 1. The van der Waals surface area contributed by atoms with Crippen LogP contribution >= 0.6 is 0 Å². The largest absolute Gasteiger partial charge is 0.276 e. The quantitative estimate of drug-likeness (QED) is 0.613. The lowest BCUT2D eigenvalue weighted by Crippen LogP contribution is -1.97. The molecular weight excluding hydrogens is 290 g/mol. The lowest BCUT2D eigenvalue weighted by molar-refractivity contribution is 0.927. The van der Waals surface area contributed by atoms with Gasteiger partial charge in [-0.25, -0.2) is 9.50 Å². The highest BCUT2D eigenvalue weighted by Crippen LogP contribution is 2.27. The standard InChI is InChI=1S/C16H11N7/c1-10-3-2-4-14(20-10)16-12(9-19-21-16)13-5-6-15-18-8-11(7-17)23(15)22-13/h2-6,8-9H,1H3,(H,19,21). The van der Waals surface area contributed by atoms with Crippen molar-refractivity contribution in [3.63, 3.8) is 0 Å². The van der Waals surface area contributed by atoms with Crippen LogP contribution in [0.1, 0.15) is 11.4 Å². The molecule has 0 atom stereocenters. The molecule has 0 fully saturated rings. The van der Waals surface area contributed by atoms with E-state index >= 15 is 0 Å². The molecule has 0 amide bonds. The highest BCUT2D eigenvalue weighted by Gasteiger charge is 2.14. The van der Waals surface area contributed by atoms with Crippen LogP contribution < -0.4 is 0 Å². The van der Waals surface area contributed by atoms with Crippen molar-refractivity contribution < 1.29 is 0 Å². The Kier molecular flexibility index (Phi) is 2.88. The number of aromatic amines is 1. The van der Waals surface area contributed by atoms with Gasteiger partial charge in [-0.2, -0.15) is 15.5 Å². The third-order valence-electron chi connectivity index (χ3n) is 3.54. The third-order valence-corrected chi connectivity index (χ3v) is 3.54. The summed E-state index contributed by atoms with van der Waals surface area (Å²) in [5.74, 6) is 0. The van der Waals surface area contributed by atoms with E-state index < -0.39 is 0 Å². The van der Waals surface area contributed by atoms with Crippen LogP contribution in [0.3, 0.4) is 0 Å². The molecule has 0 saturated carbocycles. The molecule has 0 saturated heterocycles. The molecule has 0 spiro atoms. The van der Waals surface area contributed by atoms with E-state index in [-0.39, 0.29) is 0 Å². The molecule has 0 aliphatic carbocycles. The zero-order chi connectivity index (χ0) is 15.8. The molecular formula is C16H11N7. The van der Waals surface area contributed by atoms with Gasteiger partial charge in [-0.1, -0.05) is 6.07 Å². The minimum absolute atomic E-state index is 0.389. The summed E-state index contributed by atoms with van der Waals surface area (Å²) in [6.45, 7) is 1.94. The first-order chi connectivity index (χ1) is 11.3. The third kappa shape index (κ3) is 2.13. The molecule has 4 aromatic heterocycles. The second kappa shape index (κ2) is 5.03. The van der Waals surface area contributed by atoms with Crippen molar-refractivity contribution in [3.8, 4) is 28.7 Å². The van der Waals surface area contributed by atoms with Gasteiger partial charge in [-0.05, 0) is 31.2 Å². The maximum absolute atomic E-state index is 9.13. The summed E-state index contributed by atoms with van der Waals surface area (Å²) in [7, 11) is 0. The Bertz CT molecular complexity index is 1050. The fourth-order valence-electron chi connectivity index (χ4n) is 2.45. The highest BCUT2D eigenvalue weighted by atomic mass is 15.3. The Morgan fingerprint density at radius 1 is 1.13 bits per heavy atom. The van der Waals surface area contributed by atoms with Crippen molar-refractivity contribution in [1.82, 2.24) is 29.8 Å². The van der Waals surface area contributed by atoms with Crippen molar-refractivity contribution >= 4 is 5.65 Å². The van der Waals surface area contributed by atoms with Gasteiger partial charge in [0.2, 0.25) is 0 Å². The number of rotatable bonds is 2. The molecule has 4 aromatic rings. The number of H-pyrrole nitrogens is 1. The molecule has 0 unspecified atom stereocenters. The fourth-order valence-corrected chi connectivity index (χ4v) is 2.45. The summed E-state index contributed by atoms with van der Waals surface area (Å²) in [5.41, 5.74) is 5.05. The molecule has 4 heterocycles. The number of hydrogen-bond acceptors (Lipinski definition) is 5. The average molecular weight is 301 g/mol. The maximum atomic E-state index is 9.13. The first-order valence-corrected chi connectivity index (χ1v) is 6.99. The molecule has 7 nitrogen and oxygen atoms in total. The average Bonchev–Trinajstić information content (AvgIpc) is 3.21. The van der Waals surface area contributed by atoms with Gasteiger partial charge in [0.05, 0.1) is 29.5 Å². The lowest BCUT2D eigenvalue weighted by Gasteiger charge is -2.04. The zero-order valence-electron chi connectivity index (χ0n) is 12.2. The zero-order valence-corrected chi connectivity index (χ0v) is 12.2. The van der Waals surface area contributed by atoms with Crippen LogP contribution in [-0.4, -0.2) is 29.8 Å². The van der Waals surface area contributed by atoms with Crippen LogP contribution in [0.25, 0.3) is 28.3 Å². The second-order valence-electron chi connectivity index (χ2n) is 5.07. The number of aryl methyl sites for hydroxylation is 1. The van der Waals surface area contributed by atoms with Gasteiger partial charge in [0, 0.05) is 11.3 Å². The van der Waals surface area contributed by atoms with Crippen molar-refractivity contribution in [1.29, 1.82) is 5.26 Å². The van der Waals surface area contributed by atoms with Gasteiger partial charge in [0.1, 0.15) is 6.07 Å². The van der Waals surface area contributed by atoms with E-state index in [9.17, 15) is 0 Å². The van der Waals surface area contributed by atoms with Gasteiger partial charge in [-0.15, -0.1) is 0 Å². The van der Waals surface area contributed by atoms with Crippen LogP contribution in [0.5, 0.6) is 0 Å². The van der Waals surface area contributed by atoms with Crippen molar-refractivity contribution in [2.24, 2.45) is 0 Å². The Hall–Kier alpha value is -3.53. The van der Waals surface area contributed by atoms with E-state index in [1.54, 1.807) is 6.20 Å². The SMILES string of the molecule is Cc1cccc(-c2[nH]ncc2-c2ccc3ncc(C#N)n3n2)n1. The molecule has 7 heteroatoms. The number of aromatic nitrogens is 6. The molecule has 23 heavy (non-hydrogen) atoms. The van der Waals surface area contributed by atoms with Crippen LogP contribution in [0.4, 0.5) is 0 Å². The monoisotopic (exact) mass is 301 g/mol. The smallest absolute Gasteiger partial charge is 0.162 e. The number of pyridine rings is 1. The van der Waals surface area contributed by atoms with E-state index in [4.69, 9.17) is 5.26 Å². The molecule has 0 radical (unpaired) electrons. The molecule has 0 bridgehead atoms. The molecule has 0 aromatic carbocycles. The number of fused-ring (bicyclic) bond motifs is 1. The van der Waals surface area contributed by atoms with Crippen LogP contribution in [0.15, 0.2) is 42.7 Å². The van der Waals surface area contributed by atoms with Crippen LogP contribution in [0, 0.1) is 18.3 Å². The van der Waals surface area contributed by atoms with Gasteiger partial charge < -0.3 is 0 Å². The first-order valence-electron chi connectivity index (χ1n) is 6.99. The molecule has 0 aliphatic rings. The van der Waals surface area contributed by atoms with Crippen molar-refractivity contribution in [2.75, 3.05) is 0 Å². The predicted octanol–water partition coefficient (Wildman–Crippen LogP) is 2.36. The van der Waals surface area contributed by atoms with Crippen LogP contribution in [-0.2, 0) is 0 Å². The fraction of sp³-hybridized carbons (Fsp3) is 0.0625. The van der Waals surface area contributed by atoms with Crippen molar-refractivity contribution in [3.05, 3.63) is 54.1 Å². The Balaban J connectivity index is 1.89. The molecule has 0 aliphatic heterocycles. The van der Waals surface area contributed by atoms with E-state index in [1.807, 2.05) is 37.3 Å². The minimum Gasteiger partial charge on any atom is -0.276 e. The summed E-state index contributed by atoms with van der Waals surface area (Å²) in [5, 5.41) is 20.7. The number of nitriles is 1. The van der Waals surface area contributed by atoms with Crippen LogP contribution in [0.2, 0.25) is 0 Å². The molecule has 1 N–H and O–H groups in total. The predicted molar refractivity (Wildman–Crippen MR) is 83.3 cm³/mol. The normalized spacial score (nSPS) is 10.8. The van der Waals surface area contributed by atoms with E-state index in [2.05, 4.69) is 31.3 Å².